The molecule has 3 N–H and O–H groups in total. The van der Waals surface area contributed by atoms with Gasteiger partial charge in [0.1, 0.15) is 0 Å². The number of amides is 2. The van der Waals surface area contributed by atoms with E-state index >= 15 is 0 Å². The van der Waals surface area contributed by atoms with Crippen LogP contribution in [0.1, 0.15) is 24.0 Å². The van der Waals surface area contributed by atoms with Crippen molar-refractivity contribution in [2.75, 3.05) is 12.4 Å². The zero-order chi connectivity index (χ0) is 19.8. The molecule has 0 aliphatic heterocycles. The molecule has 0 unspecified atom stereocenters. The van der Waals surface area contributed by atoms with E-state index in [4.69, 9.17) is 4.74 Å². The highest BCUT2D eigenvalue weighted by atomic mass is 79.9. The first kappa shape index (κ1) is 20.4. The van der Waals surface area contributed by atoms with Gasteiger partial charge in [0.15, 0.2) is 11.5 Å². The van der Waals surface area contributed by atoms with Gasteiger partial charge >= 0.3 is 0 Å². The standard InChI is InChI=1S/C19H20BrN3O4/c1-12-5-3-4-6-15(12)22-17(24)7-8-18(25)23-21-11-13-9-14(20)19(26)16(10-13)27-2/h3-6,9-11,26H,7-8H2,1-2H3,(H,22,24)(H,23,25). The maximum atomic E-state index is 11.9. The van der Waals surface area contributed by atoms with Gasteiger partial charge in [-0.3, -0.25) is 9.59 Å². The largest absolute Gasteiger partial charge is 0.503 e. The van der Waals surface area contributed by atoms with Crippen molar-refractivity contribution in [2.45, 2.75) is 19.8 Å². The van der Waals surface area contributed by atoms with Crippen molar-refractivity contribution in [1.29, 1.82) is 0 Å². The predicted octanol–water partition coefficient (Wildman–Crippen LogP) is 3.34. The van der Waals surface area contributed by atoms with Crippen LogP contribution in [0.3, 0.4) is 0 Å². The summed E-state index contributed by atoms with van der Waals surface area (Å²) in [6.45, 7) is 1.90. The van der Waals surface area contributed by atoms with Crippen LogP contribution in [-0.4, -0.2) is 30.2 Å². The number of rotatable bonds is 7. The molecule has 0 aromatic heterocycles. The molecule has 0 spiro atoms. The number of halogens is 1. The van der Waals surface area contributed by atoms with Crippen LogP contribution < -0.4 is 15.5 Å². The number of hydrazone groups is 1. The Hall–Kier alpha value is -2.87. The van der Waals surface area contributed by atoms with Gasteiger partial charge in [0.2, 0.25) is 11.8 Å². The fourth-order valence-electron chi connectivity index (χ4n) is 2.21. The molecule has 2 aromatic rings. The zero-order valence-corrected chi connectivity index (χ0v) is 16.5. The molecule has 142 valence electrons. The molecule has 27 heavy (non-hydrogen) atoms. The number of methoxy groups -OCH3 is 1. The van der Waals surface area contributed by atoms with Crippen molar-refractivity contribution in [2.24, 2.45) is 5.10 Å². The number of carbonyl (C=O) groups excluding carboxylic acids is 2. The van der Waals surface area contributed by atoms with Gasteiger partial charge in [-0.05, 0) is 52.2 Å². The molecule has 0 aliphatic rings. The van der Waals surface area contributed by atoms with Crippen LogP contribution in [0.5, 0.6) is 11.5 Å². The number of phenols is 1. The lowest BCUT2D eigenvalue weighted by atomic mass is 10.2. The second kappa shape index (κ2) is 9.72. The number of para-hydroxylation sites is 1. The summed E-state index contributed by atoms with van der Waals surface area (Å²) in [6, 6.07) is 10.6. The number of nitrogens with one attached hydrogen (secondary N) is 2. The minimum Gasteiger partial charge on any atom is -0.503 e. The molecular weight excluding hydrogens is 414 g/mol. The Kier molecular flexibility index (Phi) is 7.36. The van der Waals surface area contributed by atoms with E-state index in [2.05, 4.69) is 31.8 Å². The first-order valence-corrected chi connectivity index (χ1v) is 8.94. The number of phenolic OH excluding ortho intramolecular Hbond substituents is 1. The van der Waals surface area contributed by atoms with Gasteiger partial charge in [-0.2, -0.15) is 5.10 Å². The molecule has 2 amide bonds. The molecule has 2 rings (SSSR count). The van der Waals surface area contributed by atoms with E-state index < -0.39 is 0 Å². The van der Waals surface area contributed by atoms with Gasteiger partial charge in [-0.15, -0.1) is 0 Å². The monoisotopic (exact) mass is 433 g/mol. The smallest absolute Gasteiger partial charge is 0.240 e. The van der Waals surface area contributed by atoms with Crippen LogP contribution in [0.25, 0.3) is 0 Å². The van der Waals surface area contributed by atoms with Gasteiger partial charge in [-0.25, -0.2) is 5.43 Å². The average molecular weight is 434 g/mol. The summed E-state index contributed by atoms with van der Waals surface area (Å²) in [5.74, 6) is -0.352. The van der Waals surface area contributed by atoms with Gasteiger partial charge in [0, 0.05) is 18.5 Å². The quantitative estimate of drug-likeness (QED) is 0.460. The molecule has 0 atom stereocenters. The van der Waals surface area contributed by atoms with E-state index in [1.807, 2.05) is 31.2 Å². The lowest BCUT2D eigenvalue weighted by Gasteiger charge is -2.07. The van der Waals surface area contributed by atoms with Crippen molar-refractivity contribution in [1.82, 2.24) is 5.43 Å². The zero-order valence-electron chi connectivity index (χ0n) is 15.0. The van der Waals surface area contributed by atoms with Crippen molar-refractivity contribution < 1.29 is 19.4 Å². The molecule has 2 aromatic carbocycles. The van der Waals surface area contributed by atoms with Crippen molar-refractivity contribution >= 4 is 39.6 Å². The van der Waals surface area contributed by atoms with Crippen LogP contribution in [0.15, 0.2) is 46.0 Å². The third kappa shape index (κ3) is 6.10. The van der Waals surface area contributed by atoms with Gasteiger partial charge in [0.25, 0.3) is 0 Å². The van der Waals surface area contributed by atoms with E-state index in [-0.39, 0.29) is 36.2 Å². The minimum atomic E-state index is -0.379. The summed E-state index contributed by atoms with van der Waals surface area (Å²) in [5.41, 5.74) is 4.67. The van der Waals surface area contributed by atoms with Gasteiger partial charge in [-0.1, -0.05) is 18.2 Å². The number of nitrogens with zero attached hydrogens (tertiary/aromatic N) is 1. The third-order valence-electron chi connectivity index (χ3n) is 3.67. The minimum absolute atomic E-state index is 0.0116. The number of hydrogen-bond acceptors (Lipinski definition) is 5. The van der Waals surface area contributed by atoms with E-state index in [1.54, 1.807) is 12.1 Å². The SMILES string of the molecule is COc1cc(C=NNC(=O)CCC(=O)Nc2ccccc2C)cc(Br)c1O. The van der Waals surface area contributed by atoms with E-state index in [0.29, 0.717) is 10.0 Å². The number of hydrogen-bond donors (Lipinski definition) is 3. The molecule has 8 heteroatoms. The molecule has 0 bridgehead atoms. The van der Waals surface area contributed by atoms with Gasteiger partial charge < -0.3 is 15.2 Å². The Morgan fingerprint density at radius 2 is 1.93 bits per heavy atom. The van der Waals surface area contributed by atoms with Gasteiger partial charge in [0.05, 0.1) is 17.8 Å². The Labute approximate surface area is 165 Å². The maximum Gasteiger partial charge on any atom is 0.240 e. The molecule has 0 fully saturated rings. The lowest BCUT2D eigenvalue weighted by Crippen LogP contribution is -2.20. The number of ether oxygens (including phenoxy) is 1. The predicted molar refractivity (Wildman–Crippen MR) is 107 cm³/mol. The van der Waals surface area contributed by atoms with Crippen LogP contribution in [0.2, 0.25) is 0 Å². The first-order chi connectivity index (χ1) is 12.9. The molecule has 0 radical (unpaired) electrons. The second-order valence-corrected chi connectivity index (χ2v) is 6.56. The molecule has 0 aliphatic carbocycles. The highest BCUT2D eigenvalue weighted by Gasteiger charge is 2.09. The van der Waals surface area contributed by atoms with E-state index in [9.17, 15) is 14.7 Å². The number of carbonyl (C=O) groups is 2. The number of aryl methyl sites for hydroxylation is 1. The molecule has 0 saturated heterocycles. The summed E-state index contributed by atoms with van der Waals surface area (Å²) < 4.78 is 5.49. The lowest BCUT2D eigenvalue weighted by molar-refractivity contribution is -0.124. The maximum absolute atomic E-state index is 11.9. The summed E-state index contributed by atoms with van der Waals surface area (Å²) in [7, 11) is 1.44. The molecule has 0 saturated carbocycles. The van der Waals surface area contributed by atoms with Crippen molar-refractivity contribution in [3.63, 3.8) is 0 Å². The van der Waals surface area contributed by atoms with Crippen LogP contribution >= 0.6 is 15.9 Å². The first-order valence-electron chi connectivity index (χ1n) is 8.14. The van der Waals surface area contributed by atoms with Crippen molar-refractivity contribution in [3.8, 4) is 11.5 Å². The second-order valence-electron chi connectivity index (χ2n) is 5.71. The summed E-state index contributed by atoms with van der Waals surface area (Å²) in [5, 5.41) is 16.4. The Balaban J connectivity index is 1.82. The summed E-state index contributed by atoms with van der Waals surface area (Å²) in [4.78, 5) is 23.8. The highest BCUT2D eigenvalue weighted by molar-refractivity contribution is 9.10. The molecular formula is C19H20BrN3O4. The Morgan fingerprint density at radius 1 is 1.22 bits per heavy atom. The number of aromatic hydroxyl groups is 1. The number of benzene rings is 2. The van der Waals surface area contributed by atoms with E-state index in [0.717, 1.165) is 11.3 Å². The highest BCUT2D eigenvalue weighted by Crippen LogP contribution is 2.34. The summed E-state index contributed by atoms with van der Waals surface area (Å²) >= 11 is 3.21. The third-order valence-corrected chi connectivity index (χ3v) is 4.28. The fourth-order valence-corrected chi connectivity index (χ4v) is 2.67. The Bertz CT molecular complexity index is 868. The molecule has 0 heterocycles. The summed E-state index contributed by atoms with van der Waals surface area (Å²) in [6.07, 6.45) is 1.48. The normalized spacial score (nSPS) is 10.6. The van der Waals surface area contributed by atoms with Crippen LogP contribution in [-0.2, 0) is 9.59 Å². The van der Waals surface area contributed by atoms with Crippen LogP contribution in [0.4, 0.5) is 5.69 Å². The average Bonchev–Trinajstić information content (AvgIpc) is 2.64. The Morgan fingerprint density at radius 3 is 2.63 bits per heavy atom. The van der Waals surface area contributed by atoms with E-state index in [1.165, 1.54) is 13.3 Å². The topological polar surface area (TPSA) is 100 Å². The van der Waals surface area contributed by atoms with Crippen molar-refractivity contribution in [3.05, 3.63) is 52.0 Å². The van der Waals surface area contributed by atoms with Crippen LogP contribution in [0, 0.1) is 6.92 Å². The fraction of sp³-hybridized carbons (Fsp3) is 0.211. The molecule has 7 nitrogen and oxygen atoms in total. The number of anilines is 1.